The van der Waals surface area contributed by atoms with Crippen LogP contribution in [0.4, 0.5) is 0 Å². The Hall–Kier alpha value is -3.73. The molecule has 77 heavy (non-hydrogen) atoms. The van der Waals surface area contributed by atoms with Crippen molar-refractivity contribution < 1.29 is 15.0 Å². The maximum atomic E-state index is 12.5. The van der Waals surface area contributed by atoms with Gasteiger partial charge in [0.2, 0.25) is 5.91 Å². The second-order valence-electron chi connectivity index (χ2n) is 21.5. The number of aliphatic hydroxyl groups is 2. The molecule has 0 rings (SSSR count). The van der Waals surface area contributed by atoms with Crippen molar-refractivity contribution in [3.05, 3.63) is 146 Å². The molecule has 0 aliphatic heterocycles. The van der Waals surface area contributed by atoms with E-state index in [1.165, 1.54) is 161 Å². The van der Waals surface area contributed by atoms with E-state index in [0.29, 0.717) is 6.42 Å². The molecule has 2 unspecified atom stereocenters. The van der Waals surface area contributed by atoms with E-state index in [1.807, 2.05) is 6.08 Å². The van der Waals surface area contributed by atoms with Crippen molar-refractivity contribution in [1.82, 2.24) is 5.32 Å². The molecule has 3 N–H and O–H groups in total. The van der Waals surface area contributed by atoms with Gasteiger partial charge in [0, 0.05) is 6.42 Å². The molecule has 0 heterocycles. The van der Waals surface area contributed by atoms with E-state index < -0.39 is 12.1 Å². The summed E-state index contributed by atoms with van der Waals surface area (Å²) in [5, 5.41) is 23.2. The molecule has 0 aromatic heterocycles. The van der Waals surface area contributed by atoms with Gasteiger partial charge < -0.3 is 15.5 Å². The molecule has 438 valence electrons. The van der Waals surface area contributed by atoms with Gasteiger partial charge in [0.25, 0.3) is 0 Å². The fraction of sp³-hybridized carbons (Fsp3) is 0.658. The average Bonchev–Trinajstić information content (AvgIpc) is 3.43. The zero-order chi connectivity index (χ0) is 55.5. The largest absolute Gasteiger partial charge is 0.394 e. The van der Waals surface area contributed by atoms with Crippen molar-refractivity contribution in [3.63, 3.8) is 0 Å². The molecule has 1 amide bonds. The lowest BCUT2D eigenvalue weighted by Gasteiger charge is -2.20. The second-order valence-corrected chi connectivity index (χ2v) is 21.5. The zero-order valence-electron chi connectivity index (χ0n) is 50.4. The highest BCUT2D eigenvalue weighted by Gasteiger charge is 2.18. The molecule has 4 heteroatoms. The number of rotatable bonds is 58. The zero-order valence-corrected chi connectivity index (χ0v) is 50.4. The van der Waals surface area contributed by atoms with Gasteiger partial charge in [0.05, 0.1) is 18.8 Å². The Morgan fingerprint density at radius 3 is 0.857 bits per heavy atom. The average molecular weight is 1060 g/mol. The van der Waals surface area contributed by atoms with Crippen molar-refractivity contribution in [2.45, 2.75) is 302 Å². The molecular formula is C73H123NO3. The lowest BCUT2D eigenvalue weighted by atomic mass is 10.0. The van der Waals surface area contributed by atoms with E-state index in [2.05, 4.69) is 153 Å². The van der Waals surface area contributed by atoms with Gasteiger partial charge in [-0.3, -0.25) is 4.79 Å². The van der Waals surface area contributed by atoms with Crippen molar-refractivity contribution in [1.29, 1.82) is 0 Å². The molecule has 0 saturated carbocycles. The highest BCUT2D eigenvalue weighted by Crippen LogP contribution is 2.16. The summed E-state index contributed by atoms with van der Waals surface area (Å²) in [6, 6.07) is -0.640. The highest BCUT2D eigenvalue weighted by atomic mass is 16.3. The number of hydrogen-bond acceptors (Lipinski definition) is 3. The molecule has 0 saturated heterocycles. The van der Waals surface area contributed by atoms with E-state index in [1.54, 1.807) is 6.08 Å². The number of amides is 1. The van der Waals surface area contributed by atoms with Gasteiger partial charge in [-0.1, -0.05) is 327 Å². The molecule has 0 fully saturated rings. The van der Waals surface area contributed by atoms with Gasteiger partial charge in [-0.05, 0) is 103 Å². The quantitative estimate of drug-likeness (QED) is 0.0420. The fourth-order valence-electron chi connectivity index (χ4n) is 9.19. The van der Waals surface area contributed by atoms with Gasteiger partial charge >= 0.3 is 0 Å². The van der Waals surface area contributed by atoms with Crippen LogP contribution in [0.2, 0.25) is 0 Å². The summed E-state index contributed by atoms with van der Waals surface area (Å²) in [7, 11) is 0. The Morgan fingerprint density at radius 1 is 0.325 bits per heavy atom. The Kier molecular flexibility index (Phi) is 63.3. The Balaban J connectivity index is 3.63. The first-order valence-electron chi connectivity index (χ1n) is 32.5. The van der Waals surface area contributed by atoms with E-state index in [9.17, 15) is 15.0 Å². The van der Waals surface area contributed by atoms with Gasteiger partial charge in [-0.15, -0.1) is 0 Å². The summed E-state index contributed by atoms with van der Waals surface area (Å²) in [6.45, 7) is 4.20. The van der Waals surface area contributed by atoms with Crippen LogP contribution in [0.3, 0.4) is 0 Å². The molecule has 0 radical (unpaired) electrons. The number of unbranched alkanes of at least 4 members (excludes halogenated alkanes) is 29. The van der Waals surface area contributed by atoms with Crippen LogP contribution in [0, 0.1) is 0 Å². The first-order valence-corrected chi connectivity index (χ1v) is 32.5. The molecule has 4 nitrogen and oxygen atoms in total. The van der Waals surface area contributed by atoms with Crippen molar-refractivity contribution in [2.75, 3.05) is 6.61 Å². The van der Waals surface area contributed by atoms with Crippen LogP contribution in [0.25, 0.3) is 0 Å². The molecule has 0 spiro atoms. The lowest BCUT2D eigenvalue weighted by Crippen LogP contribution is -2.45. The van der Waals surface area contributed by atoms with Gasteiger partial charge in [-0.25, -0.2) is 0 Å². The van der Waals surface area contributed by atoms with Crippen LogP contribution in [0.1, 0.15) is 290 Å². The molecule has 0 aromatic rings. The smallest absolute Gasteiger partial charge is 0.220 e. The normalized spacial score (nSPS) is 13.8. The van der Waals surface area contributed by atoms with Crippen molar-refractivity contribution >= 4 is 5.91 Å². The number of aliphatic hydroxyl groups excluding tert-OH is 2. The van der Waals surface area contributed by atoms with Gasteiger partial charge in [0.1, 0.15) is 0 Å². The van der Waals surface area contributed by atoms with Crippen molar-refractivity contribution in [2.24, 2.45) is 0 Å². The fourth-order valence-corrected chi connectivity index (χ4v) is 9.19. The first-order chi connectivity index (χ1) is 38.2. The minimum absolute atomic E-state index is 0.0783. The minimum atomic E-state index is -0.855. The number of hydrogen-bond donors (Lipinski definition) is 3. The monoisotopic (exact) mass is 1060 g/mol. The minimum Gasteiger partial charge on any atom is -0.394 e. The lowest BCUT2D eigenvalue weighted by molar-refractivity contribution is -0.123. The van der Waals surface area contributed by atoms with E-state index in [-0.39, 0.29) is 12.5 Å². The molecule has 0 aliphatic carbocycles. The van der Waals surface area contributed by atoms with Gasteiger partial charge in [0.15, 0.2) is 0 Å². The maximum Gasteiger partial charge on any atom is 0.220 e. The summed E-state index contributed by atoms with van der Waals surface area (Å²) < 4.78 is 0. The third-order valence-electron chi connectivity index (χ3n) is 14.1. The topological polar surface area (TPSA) is 69.6 Å². The predicted molar refractivity (Wildman–Crippen MR) is 345 cm³/mol. The van der Waals surface area contributed by atoms with Crippen LogP contribution < -0.4 is 5.32 Å². The second kappa shape index (κ2) is 66.5. The molecule has 0 bridgehead atoms. The molecule has 2 atom stereocenters. The molecule has 0 aromatic carbocycles. The van der Waals surface area contributed by atoms with Crippen LogP contribution in [0.15, 0.2) is 146 Å². The van der Waals surface area contributed by atoms with Crippen molar-refractivity contribution in [3.8, 4) is 0 Å². The third-order valence-corrected chi connectivity index (χ3v) is 14.1. The Bertz CT molecular complexity index is 1580. The van der Waals surface area contributed by atoms with E-state index in [0.717, 1.165) is 109 Å². The van der Waals surface area contributed by atoms with Crippen LogP contribution in [-0.2, 0) is 4.79 Å². The van der Waals surface area contributed by atoms with Crippen LogP contribution >= 0.6 is 0 Å². The Labute approximate surface area is 478 Å². The summed E-state index contributed by atoms with van der Waals surface area (Å²) in [5.41, 5.74) is 0. The summed E-state index contributed by atoms with van der Waals surface area (Å²) in [5.74, 6) is -0.0783. The summed E-state index contributed by atoms with van der Waals surface area (Å²) in [4.78, 5) is 12.5. The summed E-state index contributed by atoms with van der Waals surface area (Å²) >= 11 is 0. The number of allylic oxidation sites excluding steroid dienone is 23. The maximum absolute atomic E-state index is 12.5. The highest BCUT2D eigenvalue weighted by molar-refractivity contribution is 5.76. The molecule has 0 aliphatic rings. The van der Waals surface area contributed by atoms with E-state index in [4.69, 9.17) is 0 Å². The van der Waals surface area contributed by atoms with Crippen LogP contribution in [-0.4, -0.2) is 34.9 Å². The predicted octanol–water partition coefficient (Wildman–Crippen LogP) is 22.3. The summed E-state index contributed by atoms with van der Waals surface area (Å²) in [6.07, 6.45) is 105. The molecular weight excluding hydrogens is 939 g/mol. The third kappa shape index (κ3) is 63.0. The van der Waals surface area contributed by atoms with E-state index >= 15 is 0 Å². The first kappa shape index (κ1) is 73.3. The van der Waals surface area contributed by atoms with Crippen LogP contribution in [0.5, 0.6) is 0 Å². The number of carbonyl (C=O) groups excluding carboxylic acids is 1. The Morgan fingerprint density at radius 2 is 0.571 bits per heavy atom. The van der Waals surface area contributed by atoms with Gasteiger partial charge in [-0.2, -0.15) is 0 Å². The number of carbonyl (C=O) groups is 1. The number of nitrogens with one attached hydrogen (secondary N) is 1. The SMILES string of the molecule is CC/C=C\C/C=C\C/C=C\C/C=C\C/C=C\C/C=C\C/C=C\C/C=C\C/C=C\C/C=C\C/C=C\CCCCCCCCCC(=O)NC(CO)C(O)/C=C/CCCCCCCCCCCCCCCCCCCCCCCC. The standard InChI is InChI=1S/C73H123NO3/c1-3-5-7-9-11-13-15-17-19-21-23-25-27-29-30-31-32-33-34-35-36-37-38-39-40-41-42-43-44-45-47-49-51-53-55-57-59-61-63-65-67-69-73(77)74-71(70-75)72(76)68-66-64-62-60-58-56-54-52-50-48-46-28-26-24-22-20-18-16-14-12-10-8-6-4-2/h5,7,11,13,17,19,23,25,29-30,32-33,35-36,38-39,41-42,44-45,49,51,66,68,71-72,75-76H,3-4,6,8-10,12,14-16,18,20-22,24,26-28,31,34,37,40,43,46-48,50,52-65,67,69-70H2,1-2H3,(H,74,77)/b7-5-,13-11-,19-17-,25-23-,30-29-,33-32-,36-35-,39-38-,42-41-,45-44-,51-49-,68-66+.